The molecule has 3 aromatic rings. The van der Waals surface area contributed by atoms with Gasteiger partial charge in [0, 0.05) is 54.6 Å². The number of ether oxygens (including phenoxy) is 3. The number of nitrogen functional groups attached to an aromatic ring is 1. The number of carbonyl (C=O) groups is 1. The van der Waals surface area contributed by atoms with Gasteiger partial charge in [-0.15, -0.1) is 0 Å². The Bertz CT molecular complexity index is 1450. The Morgan fingerprint density at radius 2 is 2.00 bits per heavy atom. The summed E-state index contributed by atoms with van der Waals surface area (Å²) in [6.45, 7) is 11.4. The minimum Gasteiger partial charge on any atom is -0.474 e. The van der Waals surface area contributed by atoms with E-state index in [1.54, 1.807) is 18.3 Å². The minimum absolute atomic E-state index is 0.0153. The Morgan fingerprint density at radius 1 is 1.22 bits per heavy atom. The monoisotopic (exact) mass is 564 g/mol. The van der Waals surface area contributed by atoms with Crippen molar-refractivity contribution in [2.45, 2.75) is 33.2 Å². The maximum absolute atomic E-state index is 15.4. The Kier molecular flexibility index (Phi) is 7.56. The Morgan fingerprint density at radius 3 is 2.76 bits per heavy atom. The Labute approximate surface area is 238 Å². The van der Waals surface area contributed by atoms with E-state index in [1.165, 1.54) is 6.20 Å². The molecule has 3 aliphatic rings. The molecule has 41 heavy (non-hydrogen) atoms. The number of nitrogens with two attached hydrogens (primary N) is 1. The van der Waals surface area contributed by atoms with Crippen LogP contribution < -0.4 is 21.1 Å². The third-order valence-corrected chi connectivity index (χ3v) is 8.69. The minimum atomic E-state index is -0.575. The molecule has 2 aromatic heterocycles. The molecule has 218 valence electrons. The van der Waals surface area contributed by atoms with Crippen LogP contribution in [0.1, 0.15) is 25.8 Å². The quantitative estimate of drug-likeness (QED) is 0.366. The number of fused-ring (bicyclic) bond motifs is 4. The van der Waals surface area contributed by atoms with Crippen molar-refractivity contribution in [3.8, 4) is 17.0 Å². The number of anilines is 3. The second kappa shape index (κ2) is 11.3. The summed E-state index contributed by atoms with van der Waals surface area (Å²) >= 11 is 0. The van der Waals surface area contributed by atoms with Crippen LogP contribution in [0, 0.1) is 30.5 Å². The number of nitrogens with one attached hydrogen (secondary N) is 2. The van der Waals surface area contributed by atoms with Gasteiger partial charge in [0.2, 0.25) is 5.88 Å². The summed E-state index contributed by atoms with van der Waals surface area (Å²) in [5, 5.41) is 7.08. The van der Waals surface area contributed by atoms with E-state index in [-0.39, 0.29) is 5.69 Å². The van der Waals surface area contributed by atoms with Gasteiger partial charge in [0.25, 0.3) is 0 Å². The van der Waals surface area contributed by atoms with E-state index in [0.29, 0.717) is 77.2 Å². The van der Waals surface area contributed by atoms with Crippen molar-refractivity contribution in [2.75, 3.05) is 62.4 Å². The first-order valence-corrected chi connectivity index (χ1v) is 14.3. The van der Waals surface area contributed by atoms with Gasteiger partial charge >= 0.3 is 6.09 Å². The van der Waals surface area contributed by atoms with Crippen molar-refractivity contribution >= 4 is 34.1 Å². The topological polar surface area (TPSA) is 124 Å². The molecular weight excluding hydrogens is 527 g/mol. The second-order valence-electron chi connectivity index (χ2n) is 11.5. The molecule has 10 nitrogen and oxygen atoms in total. The largest absolute Gasteiger partial charge is 0.474 e. The lowest BCUT2D eigenvalue weighted by molar-refractivity contribution is -0.0946. The summed E-state index contributed by atoms with van der Waals surface area (Å²) in [4.78, 5) is 23.8. The second-order valence-corrected chi connectivity index (χ2v) is 11.5. The van der Waals surface area contributed by atoms with E-state index in [2.05, 4.69) is 39.3 Å². The van der Waals surface area contributed by atoms with Crippen LogP contribution >= 0.6 is 0 Å². The van der Waals surface area contributed by atoms with Crippen molar-refractivity contribution in [1.29, 1.82) is 0 Å². The standard InChI is InChI=1S/C30H37FN6O4/c1-16(2)37-12-19-14-39-15-20(13-37)21(19)4-6-41-30(38)36-25-9-18-8-22(26(31)27(32)24(18)11-34-25)23-10-35-29-28(17(23)3)33-5-7-40-29/h8-11,16,19-21,33H,4-7,12-15,32H2,1-3H3,(H,34,36,38). The van der Waals surface area contributed by atoms with Crippen LogP contribution in [0.2, 0.25) is 0 Å². The molecule has 4 N–H and O–H groups in total. The molecule has 0 aliphatic carbocycles. The van der Waals surface area contributed by atoms with E-state index in [4.69, 9.17) is 19.9 Å². The number of likely N-dealkylation sites (tertiary alicyclic amines) is 1. The van der Waals surface area contributed by atoms with Crippen LogP contribution in [0.3, 0.4) is 0 Å². The van der Waals surface area contributed by atoms with E-state index >= 15 is 4.39 Å². The van der Waals surface area contributed by atoms with E-state index < -0.39 is 11.9 Å². The fourth-order valence-electron chi connectivity index (χ4n) is 6.43. The van der Waals surface area contributed by atoms with Crippen LogP contribution in [0.15, 0.2) is 24.5 Å². The van der Waals surface area contributed by atoms with E-state index in [1.807, 2.05) is 6.92 Å². The highest BCUT2D eigenvalue weighted by Crippen LogP contribution is 2.40. The van der Waals surface area contributed by atoms with Crippen LogP contribution in [-0.4, -0.2) is 73.1 Å². The lowest BCUT2D eigenvalue weighted by atomic mass is 9.74. The molecule has 2 saturated heterocycles. The lowest BCUT2D eigenvalue weighted by Crippen LogP contribution is -2.54. The smallest absolute Gasteiger partial charge is 0.412 e. The number of rotatable bonds is 6. The van der Waals surface area contributed by atoms with E-state index in [0.717, 1.165) is 44.0 Å². The summed E-state index contributed by atoms with van der Waals surface area (Å²) in [5.41, 5.74) is 8.66. The number of nitrogens with zero attached hydrogens (tertiary/aromatic N) is 3. The number of benzene rings is 1. The first-order valence-electron chi connectivity index (χ1n) is 14.3. The predicted molar refractivity (Wildman–Crippen MR) is 156 cm³/mol. The number of halogens is 1. The maximum atomic E-state index is 15.4. The SMILES string of the molecule is Cc1c(-c2cc3cc(NC(=O)OCCC4C5COCC4CN(C(C)C)C5)ncc3c(N)c2F)cnc2c1NCCO2. The van der Waals surface area contributed by atoms with E-state index in [9.17, 15) is 4.79 Å². The molecule has 1 aromatic carbocycles. The molecule has 2 fully saturated rings. The van der Waals surface area contributed by atoms with Crippen molar-refractivity contribution in [2.24, 2.45) is 17.8 Å². The van der Waals surface area contributed by atoms with Gasteiger partial charge in [-0.25, -0.2) is 19.2 Å². The van der Waals surface area contributed by atoms with Gasteiger partial charge in [-0.3, -0.25) is 5.32 Å². The van der Waals surface area contributed by atoms with Crippen LogP contribution in [0.25, 0.3) is 21.9 Å². The first kappa shape index (κ1) is 27.5. The van der Waals surface area contributed by atoms with Gasteiger partial charge in [0.1, 0.15) is 18.1 Å². The van der Waals surface area contributed by atoms with Gasteiger partial charge in [-0.2, -0.15) is 0 Å². The number of carbonyl (C=O) groups excluding carboxylic acids is 1. The molecule has 2 atom stereocenters. The highest BCUT2D eigenvalue weighted by molar-refractivity contribution is 5.99. The molecule has 0 radical (unpaired) electrons. The summed E-state index contributed by atoms with van der Waals surface area (Å²) in [6, 6.07) is 3.88. The zero-order valence-electron chi connectivity index (χ0n) is 23.7. The predicted octanol–water partition coefficient (Wildman–Crippen LogP) is 4.67. The normalized spacial score (nSPS) is 22.1. The van der Waals surface area contributed by atoms with Crippen LogP contribution in [-0.2, 0) is 9.47 Å². The number of hydrogen-bond acceptors (Lipinski definition) is 9. The van der Waals surface area contributed by atoms with Crippen molar-refractivity contribution < 1.29 is 23.4 Å². The number of aromatic nitrogens is 2. The van der Waals surface area contributed by atoms with Gasteiger partial charge in [0.15, 0.2) is 5.82 Å². The van der Waals surface area contributed by atoms with Crippen molar-refractivity contribution in [3.63, 3.8) is 0 Å². The molecule has 5 heterocycles. The number of pyridine rings is 2. The maximum Gasteiger partial charge on any atom is 0.412 e. The summed E-state index contributed by atoms with van der Waals surface area (Å²) in [5.74, 6) is 1.64. The summed E-state index contributed by atoms with van der Waals surface area (Å²) in [6.07, 6.45) is 3.28. The molecular formula is C30H37FN6O4. The molecule has 2 unspecified atom stereocenters. The Balaban J connectivity index is 1.14. The molecule has 0 spiro atoms. The van der Waals surface area contributed by atoms with Gasteiger partial charge in [-0.1, -0.05) is 0 Å². The molecule has 1 amide bonds. The highest BCUT2D eigenvalue weighted by atomic mass is 19.1. The average molecular weight is 565 g/mol. The van der Waals surface area contributed by atoms with Gasteiger partial charge in [0.05, 0.1) is 25.5 Å². The summed E-state index contributed by atoms with van der Waals surface area (Å²) < 4.78 is 32.4. The number of hydrogen-bond donors (Lipinski definition) is 3. The molecule has 3 aliphatic heterocycles. The highest BCUT2D eigenvalue weighted by Gasteiger charge is 2.40. The molecule has 6 rings (SSSR count). The lowest BCUT2D eigenvalue weighted by Gasteiger charge is -2.48. The van der Waals surface area contributed by atoms with Crippen LogP contribution in [0.4, 0.5) is 26.4 Å². The molecule has 11 heteroatoms. The number of piperidine rings is 1. The number of amides is 1. The molecule has 0 saturated carbocycles. The van der Waals surface area contributed by atoms with Crippen molar-refractivity contribution in [1.82, 2.24) is 14.9 Å². The fraction of sp³-hybridized carbons (Fsp3) is 0.500. The zero-order valence-corrected chi connectivity index (χ0v) is 23.7. The first-order chi connectivity index (χ1) is 19.8. The van der Waals surface area contributed by atoms with Gasteiger partial charge in [-0.05, 0) is 68.0 Å². The van der Waals surface area contributed by atoms with Gasteiger partial charge < -0.3 is 30.2 Å². The zero-order chi connectivity index (χ0) is 28.7. The van der Waals surface area contributed by atoms with Crippen LogP contribution in [0.5, 0.6) is 5.88 Å². The third kappa shape index (κ3) is 5.36. The Hall–Kier alpha value is -3.70. The average Bonchev–Trinajstić information content (AvgIpc) is 2.95. The van der Waals surface area contributed by atoms with Crippen molar-refractivity contribution in [3.05, 3.63) is 35.9 Å². The molecule has 2 bridgehead atoms. The summed E-state index contributed by atoms with van der Waals surface area (Å²) in [7, 11) is 0. The fourth-order valence-corrected chi connectivity index (χ4v) is 6.43. The third-order valence-electron chi connectivity index (χ3n) is 8.69.